The fraction of sp³-hybridized carbons (Fsp3) is 0.500. The summed E-state index contributed by atoms with van der Waals surface area (Å²) < 4.78 is 4.85. The van der Waals surface area contributed by atoms with Gasteiger partial charge in [-0.2, -0.15) is 0 Å². The lowest BCUT2D eigenvalue weighted by molar-refractivity contribution is 0.0826. The Bertz CT molecular complexity index is 197. The smallest absolute Gasteiger partial charge is 0.217 e. The van der Waals surface area contributed by atoms with Gasteiger partial charge in [0.05, 0.1) is 13.2 Å². The summed E-state index contributed by atoms with van der Waals surface area (Å²) in [6.07, 6.45) is 7.07. The summed E-state index contributed by atoms with van der Waals surface area (Å²) in [6, 6.07) is 0. The first-order valence-corrected chi connectivity index (χ1v) is 3.71. The molecule has 0 aromatic rings. The van der Waals surface area contributed by atoms with Gasteiger partial charge in [-0.05, 0) is 6.08 Å². The number of epoxide rings is 1. The average molecular weight is 172 g/mol. The van der Waals surface area contributed by atoms with Gasteiger partial charge in [0.2, 0.25) is 5.79 Å². The zero-order chi connectivity index (χ0) is 9.03. The maximum atomic E-state index is 9.09. The summed E-state index contributed by atoms with van der Waals surface area (Å²) in [7, 11) is 0. The number of aliphatic hydroxyl groups is 3. The number of rotatable bonds is 1. The van der Waals surface area contributed by atoms with E-state index in [0.29, 0.717) is 0 Å². The third kappa shape index (κ3) is 2.15. The molecule has 2 rings (SSSR count). The van der Waals surface area contributed by atoms with E-state index in [9.17, 15) is 0 Å². The van der Waals surface area contributed by atoms with Crippen molar-refractivity contribution < 1.29 is 20.1 Å². The van der Waals surface area contributed by atoms with Crippen molar-refractivity contribution in [1.82, 2.24) is 0 Å². The molecule has 1 saturated heterocycles. The Morgan fingerprint density at radius 1 is 1.25 bits per heavy atom. The van der Waals surface area contributed by atoms with Crippen LogP contribution >= 0.6 is 0 Å². The molecule has 0 amide bonds. The van der Waals surface area contributed by atoms with Crippen molar-refractivity contribution in [3.63, 3.8) is 0 Å². The fourth-order valence-electron chi connectivity index (χ4n) is 0.839. The second kappa shape index (κ2) is 3.82. The van der Waals surface area contributed by atoms with E-state index < -0.39 is 5.79 Å². The topological polar surface area (TPSA) is 73.2 Å². The van der Waals surface area contributed by atoms with Crippen LogP contribution in [0, 0.1) is 0 Å². The number of ether oxygens (including phenoxy) is 1. The molecule has 2 unspecified atom stereocenters. The zero-order valence-electron chi connectivity index (χ0n) is 6.55. The van der Waals surface area contributed by atoms with Crippen molar-refractivity contribution in [3.8, 4) is 0 Å². The number of allylic oxidation sites excluding steroid dienone is 2. The van der Waals surface area contributed by atoms with E-state index in [1.54, 1.807) is 12.2 Å². The molecule has 2 aliphatic rings. The molecule has 0 bridgehead atoms. The largest absolute Gasteiger partial charge is 0.394 e. The first-order chi connectivity index (χ1) is 5.73. The predicted molar refractivity (Wildman–Crippen MR) is 42.3 cm³/mol. The normalized spacial score (nSPS) is 35.1. The molecule has 1 aliphatic heterocycles. The molecule has 1 fully saturated rings. The molecule has 0 aromatic carbocycles. The second-order valence-corrected chi connectivity index (χ2v) is 2.48. The predicted octanol–water partition coefficient (Wildman–Crippen LogP) is -0.829. The van der Waals surface area contributed by atoms with Crippen LogP contribution in [0.25, 0.3) is 0 Å². The highest BCUT2D eigenvalue weighted by Gasteiger charge is 2.52. The van der Waals surface area contributed by atoms with E-state index in [1.165, 1.54) is 0 Å². The maximum Gasteiger partial charge on any atom is 0.217 e. The number of aliphatic hydroxyl groups excluding tert-OH is 2. The second-order valence-electron chi connectivity index (χ2n) is 2.48. The zero-order valence-corrected chi connectivity index (χ0v) is 6.55. The van der Waals surface area contributed by atoms with Crippen LogP contribution in [0.2, 0.25) is 0 Å². The van der Waals surface area contributed by atoms with Crippen LogP contribution < -0.4 is 0 Å². The summed E-state index contributed by atoms with van der Waals surface area (Å²) in [5.41, 5.74) is 0. The molecular weight excluding hydrogens is 160 g/mol. The molecule has 0 aromatic heterocycles. The fourth-order valence-corrected chi connectivity index (χ4v) is 0.839. The van der Waals surface area contributed by atoms with Crippen LogP contribution in [0.1, 0.15) is 0 Å². The molecule has 3 N–H and O–H groups in total. The maximum absolute atomic E-state index is 9.09. The Balaban J connectivity index is 0.000000157. The highest BCUT2D eigenvalue weighted by molar-refractivity contribution is 5.26. The van der Waals surface area contributed by atoms with Gasteiger partial charge in [-0.25, -0.2) is 0 Å². The average Bonchev–Trinajstić information content (AvgIpc) is 2.77. The van der Waals surface area contributed by atoms with E-state index in [0.717, 1.165) is 0 Å². The first kappa shape index (κ1) is 9.41. The molecule has 4 nitrogen and oxygen atoms in total. The van der Waals surface area contributed by atoms with Gasteiger partial charge in [0.25, 0.3) is 0 Å². The quantitative estimate of drug-likeness (QED) is 0.451. The van der Waals surface area contributed by atoms with Crippen molar-refractivity contribution in [3.05, 3.63) is 24.3 Å². The lowest BCUT2D eigenvalue weighted by atomic mass is 10.1. The van der Waals surface area contributed by atoms with Gasteiger partial charge < -0.3 is 20.1 Å². The minimum Gasteiger partial charge on any atom is -0.394 e. The van der Waals surface area contributed by atoms with E-state index in [2.05, 4.69) is 0 Å². The summed E-state index contributed by atoms with van der Waals surface area (Å²) >= 11 is 0. The highest BCUT2D eigenvalue weighted by Crippen LogP contribution is 2.37. The molecule has 0 radical (unpaired) electrons. The molecule has 1 aliphatic carbocycles. The molecule has 12 heavy (non-hydrogen) atoms. The Morgan fingerprint density at radius 3 is 2.25 bits per heavy atom. The van der Waals surface area contributed by atoms with E-state index in [-0.39, 0.29) is 19.3 Å². The molecule has 2 atom stereocenters. The summed E-state index contributed by atoms with van der Waals surface area (Å²) in [4.78, 5) is 0. The first-order valence-electron chi connectivity index (χ1n) is 3.71. The van der Waals surface area contributed by atoms with E-state index in [4.69, 9.17) is 20.1 Å². The van der Waals surface area contributed by atoms with Crippen LogP contribution in [0.3, 0.4) is 0 Å². The van der Waals surface area contributed by atoms with Crippen molar-refractivity contribution in [2.24, 2.45) is 0 Å². The molecule has 0 spiro atoms. The lowest BCUT2D eigenvalue weighted by Gasteiger charge is -1.95. The number of fused-ring (bicyclic) bond motifs is 1. The van der Waals surface area contributed by atoms with E-state index in [1.807, 2.05) is 12.2 Å². The van der Waals surface area contributed by atoms with Gasteiger partial charge in [0.15, 0.2) is 0 Å². The van der Waals surface area contributed by atoms with Gasteiger partial charge in [-0.15, -0.1) is 0 Å². The van der Waals surface area contributed by atoms with Crippen molar-refractivity contribution in [2.75, 3.05) is 13.2 Å². The Morgan fingerprint density at radius 2 is 1.92 bits per heavy atom. The summed E-state index contributed by atoms with van der Waals surface area (Å²) in [5.74, 6) is -0.922. The van der Waals surface area contributed by atoms with Crippen LogP contribution in [-0.4, -0.2) is 40.4 Å². The number of hydrogen-bond donors (Lipinski definition) is 3. The Labute approximate surface area is 70.4 Å². The van der Waals surface area contributed by atoms with E-state index >= 15 is 0 Å². The van der Waals surface area contributed by atoms with Gasteiger partial charge in [0.1, 0.15) is 6.10 Å². The third-order valence-electron chi connectivity index (χ3n) is 1.50. The standard InChI is InChI=1S/C6H6O2.C2H6O2/c7-6-4-2-1-3-5(6)8-6;3-1-2-4/h1-5,7H;3-4H,1-2H2. The third-order valence-corrected chi connectivity index (χ3v) is 1.50. The van der Waals surface area contributed by atoms with Crippen LogP contribution in [0.5, 0.6) is 0 Å². The molecule has 4 heteroatoms. The number of hydrogen-bond acceptors (Lipinski definition) is 4. The van der Waals surface area contributed by atoms with Crippen molar-refractivity contribution >= 4 is 0 Å². The molecule has 1 heterocycles. The SMILES string of the molecule is OC12C=CC=CC1O2.OCCO. The van der Waals surface area contributed by atoms with Gasteiger partial charge in [-0.1, -0.05) is 18.2 Å². The highest BCUT2D eigenvalue weighted by atomic mass is 16.7. The Hall–Kier alpha value is -0.680. The molecular formula is C8H12O4. The van der Waals surface area contributed by atoms with Gasteiger partial charge >= 0.3 is 0 Å². The van der Waals surface area contributed by atoms with Gasteiger partial charge in [-0.3, -0.25) is 0 Å². The van der Waals surface area contributed by atoms with Crippen molar-refractivity contribution in [2.45, 2.75) is 11.9 Å². The molecule has 0 saturated carbocycles. The lowest BCUT2D eigenvalue weighted by Crippen LogP contribution is -2.09. The summed E-state index contributed by atoms with van der Waals surface area (Å²) in [5, 5.41) is 24.3. The van der Waals surface area contributed by atoms with Gasteiger partial charge in [0, 0.05) is 0 Å². The van der Waals surface area contributed by atoms with Crippen molar-refractivity contribution in [1.29, 1.82) is 0 Å². The van der Waals surface area contributed by atoms with Crippen LogP contribution in [0.15, 0.2) is 24.3 Å². The Kier molecular flexibility index (Phi) is 2.99. The summed E-state index contributed by atoms with van der Waals surface area (Å²) in [6.45, 7) is -0.250. The minimum absolute atomic E-state index is 0.0625. The molecule has 68 valence electrons. The van der Waals surface area contributed by atoms with Crippen LogP contribution in [0.4, 0.5) is 0 Å². The minimum atomic E-state index is -0.922. The van der Waals surface area contributed by atoms with Crippen LogP contribution in [-0.2, 0) is 4.74 Å². The monoisotopic (exact) mass is 172 g/mol.